The minimum Gasteiger partial charge on any atom is -0.391 e. The monoisotopic (exact) mass is 151 g/mol. The van der Waals surface area contributed by atoms with Crippen LogP contribution in [0.1, 0.15) is 25.7 Å². The molecule has 0 amide bonds. The molecule has 2 rings (SSSR count). The van der Waals surface area contributed by atoms with Crippen LogP contribution in [0, 0.1) is 12.3 Å². The zero-order valence-corrected chi connectivity index (χ0v) is 6.51. The van der Waals surface area contributed by atoms with Crippen LogP contribution in [-0.2, 0) is 0 Å². The second-order valence-corrected chi connectivity index (χ2v) is 3.72. The lowest BCUT2D eigenvalue weighted by atomic mass is 9.84. The van der Waals surface area contributed by atoms with Crippen molar-refractivity contribution in [1.29, 1.82) is 0 Å². The molecule has 0 aliphatic carbocycles. The van der Waals surface area contributed by atoms with Crippen LogP contribution in [-0.4, -0.2) is 22.8 Å². The second-order valence-electron chi connectivity index (χ2n) is 3.72. The molecule has 2 fully saturated rings. The van der Waals surface area contributed by atoms with Gasteiger partial charge in [0.05, 0.1) is 6.10 Å². The fourth-order valence-electron chi connectivity index (χ4n) is 2.37. The number of nitrogens with one attached hydrogen (secondary N) is 1. The predicted molar refractivity (Wildman–Crippen MR) is 43.0 cm³/mol. The van der Waals surface area contributed by atoms with Crippen LogP contribution < -0.4 is 5.32 Å². The molecule has 0 aromatic heterocycles. The van der Waals surface area contributed by atoms with Gasteiger partial charge in [-0.25, -0.2) is 0 Å². The van der Waals surface area contributed by atoms with Crippen molar-refractivity contribution in [3.8, 4) is 12.3 Å². The van der Waals surface area contributed by atoms with Crippen LogP contribution in [0.5, 0.6) is 0 Å². The van der Waals surface area contributed by atoms with Gasteiger partial charge >= 0.3 is 0 Å². The third-order valence-electron chi connectivity index (χ3n) is 2.93. The molecule has 0 aromatic rings. The van der Waals surface area contributed by atoms with Gasteiger partial charge in [0.1, 0.15) is 0 Å². The first-order chi connectivity index (χ1) is 5.26. The number of hydrogen-bond donors (Lipinski definition) is 2. The van der Waals surface area contributed by atoms with Gasteiger partial charge in [-0.3, -0.25) is 0 Å². The van der Waals surface area contributed by atoms with Gasteiger partial charge in [0.15, 0.2) is 0 Å². The zero-order valence-electron chi connectivity index (χ0n) is 6.51. The van der Waals surface area contributed by atoms with E-state index in [9.17, 15) is 5.11 Å². The highest BCUT2D eigenvalue weighted by Crippen LogP contribution is 2.39. The van der Waals surface area contributed by atoms with Gasteiger partial charge < -0.3 is 10.4 Å². The number of terminal acetylenes is 1. The number of rotatable bonds is 1. The molecule has 3 atom stereocenters. The quantitative estimate of drug-likeness (QED) is 0.527. The molecule has 2 aliphatic rings. The van der Waals surface area contributed by atoms with E-state index in [2.05, 4.69) is 11.2 Å². The Bertz CT molecular complexity index is 204. The first kappa shape index (κ1) is 7.15. The third-order valence-corrected chi connectivity index (χ3v) is 2.93. The van der Waals surface area contributed by atoms with Gasteiger partial charge in [-0.1, -0.05) is 0 Å². The Balaban J connectivity index is 2.12. The number of hydrogen-bond acceptors (Lipinski definition) is 2. The van der Waals surface area contributed by atoms with Crippen molar-refractivity contribution in [1.82, 2.24) is 5.32 Å². The lowest BCUT2D eigenvalue weighted by Crippen LogP contribution is -2.35. The molecular formula is C9H13NO. The molecular weight excluding hydrogens is 138 g/mol. The van der Waals surface area contributed by atoms with Gasteiger partial charge in [-0.2, -0.15) is 0 Å². The minimum atomic E-state index is -0.155. The molecule has 0 aromatic carbocycles. The molecule has 2 bridgehead atoms. The highest BCUT2D eigenvalue weighted by molar-refractivity contribution is 5.13. The normalized spacial score (nSPS) is 47.6. The largest absolute Gasteiger partial charge is 0.391 e. The van der Waals surface area contributed by atoms with Crippen LogP contribution in [0.2, 0.25) is 0 Å². The van der Waals surface area contributed by atoms with E-state index in [1.165, 1.54) is 0 Å². The fourth-order valence-corrected chi connectivity index (χ4v) is 2.37. The van der Waals surface area contributed by atoms with E-state index in [0.29, 0.717) is 6.04 Å². The molecule has 0 radical (unpaired) electrons. The Kier molecular flexibility index (Phi) is 1.45. The summed E-state index contributed by atoms with van der Waals surface area (Å²) in [7, 11) is 0. The summed E-state index contributed by atoms with van der Waals surface area (Å²) in [5.74, 6) is 2.68. The highest BCUT2D eigenvalue weighted by Gasteiger charge is 2.48. The molecule has 11 heavy (non-hydrogen) atoms. The maximum Gasteiger partial charge on any atom is 0.0711 e. The predicted octanol–water partition coefficient (Wildman–Crippen LogP) is 0.265. The molecule has 60 valence electrons. The molecule has 0 spiro atoms. The molecule has 3 unspecified atom stereocenters. The molecule has 2 heteroatoms. The molecule has 0 saturated carbocycles. The van der Waals surface area contributed by atoms with E-state index in [0.717, 1.165) is 25.7 Å². The van der Waals surface area contributed by atoms with Crippen molar-refractivity contribution in [2.45, 2.75) is 43.4 Å². The molecule has 2 saturated heterocycles. The maximum absolute atomic E-state index is 9.48. The SMILES string of the molecule is C#CCC12CCC(N1)C(O)C2. The minimum absolute atomic E-state index is 0.0961. The van der Waals surface area contributed by atoms with Crippen molar-refractivity contribution in [3.05, 3.63) is 0 Å². The summed E-state index contributed by atoms with van der Waals surface area (Å²) >= 11 is 0. The third kappa shape index (κ3) is 0.962. The van der Waals surface area contributed by atoms with E-state index in [1.807, 2.05) is 0 Å². The summed E-state index contributed by atoms with van der Waals surface area (Å²) in [6.45, 7) is 0. The summed E-state index contributed by atoms with van der Waals surface area (Å²) in [4.78, 5) is 0. The van der Waals surface area contributed by atoms with Gasteiger partial charge in [-0.05, 0) is 19.3 Å². The number of aliphatic hydroxyl groups is 1. The average molecular weight is 151 g/mol. The van der Waals surface area contributed by atoms with Crippen molar-refractivity contribution in [3.63, 3.8) is 0 Å². The standard InChI is InChI=1S/C9H13NO/c1-2-4-9-5-3-7(10-9)8(11)6-9/h1,7-8,10-11H,3-6H2. The average Bonchev–Trinajstić information content (AvgIpc) is 2.44. The lowest BCUT2D eigenvalue weighted by Gasteiger charge is -2.24. The van der Waals surface area contributed by atoms with Gasteiger partial charge in [0, 0.05) is 18.0 Å². The Hall–Kier alpha value is -0.520. The highest BCUT2D eigenvalue weighted by atomic mass is 16.3. The summed E-state index contributed by atoms with van der Waals surface area (Å²) in [5, 5.41) is 12.9. The van der Waals surface area contributed by atoms with E-state index in [-0.39, 0.29) is 11.6 Å². The van der Waals surface area contributed by atoms with E-state index >= 15 is 0 Å². The molecule has 2 nitrogen and oxygen atoms in total. The van der Waals surface area contributed by atoms with Gasteiger partial charge in [0.25, 0.3) is 0 Å². The first-order valence-corrected chi connectivity index (χ1v) is 4.15. The topological polar surface area (TPSA) is 32.3 Å². The van der Waals surface area contributed by atoms with E-state index < -0.39 is 0 Å². The van der Waals surface area contributed by atoms with Gasteiger partial charge in [0.2, 0.25) is 0 Å². The van der Waals surface area contributed by atoms with Crippen LogP contribution >= 0.6 is 0 Å². The van der Waals surface area contributed by atoms with Crippen LogP contribution in [0.15, 0.2) is 0 Å². The van der Waals surface area contributed by atoms with Crippen molar-refractivity contribution in [2.24, 2.45) is 0 Å². The van der Waals surface area contributed by atoms with Crippen molar-refractivity contribution >= 4 is 0 Å². The maximum atomic E-state index is 9.48. The van der Waals surface area contributed by atoms with Crippen molar-refractivity contribution < 1.29 is 5.11 Å². The fraction of sp³-hybridized carbons (Fsp3) is 0.778. The molecule has 2 aliphatic heterocycles. The first-order valence-electron chi connectivity index (χ1n) is 4.15. The summed E-state index contributed by atoms with van der Waals surface area (Å²) in [5.41, 5.74) is 0.0961. The van der Waals surface area contributed by atoms with E-state index in [4.69, 9.17) is 6.42 Å². The van der Waals surface area contributed by atoms with Crippen molar-refractivity contribution in [2.75, 3.05) is 0 Å². The van der Waals surface area contributed by atoms with Gasteiger partial charge in [-0.15, -0.1) is 12.3 Å². The Morgan fingerprint density at radius 3 is 3.00 bits per heavy atom. The number of fused-ring (bicyclic) bond motifs is 2. The van der Waals surface area contributed by atoms with E-state index in [1.54, 1.807) is 0 Å². The summed E-state index contributed by atoms with van der Waals surface area (Å²) in [6.07, 6.45) is 8.94. The van der Waals surface area contributed by atoms with Crippen LogP contribution in [0.4, 0.5) is 0 Å². The van der Waals surface area contributed by atoms with Crippen LogP contribution in [0.3, 0.4) is 0 Å². The number of aliphatic hydroxyl groups excluding tert-OH is 1. The lowest BCUT2D eigenvalue weighted by molar-refractivity contribution is 0.135. The Labute approximate surface area is 67.0 Å². The molecule has 2 N–H and O–H groups in total. The Morgan fingerprint density at radius 2 is 2.55 bits per heavy atom. The second kappa shape index (κ2) is 2.23. The zero-order chi connectivity index (χ0) is 7.90. The smallest absolute Gasteiger partial charge is 0.0711 e. The summed E-state index contributed by atoms with van der Waals surface area (Å²) < 4.78 is 0. The van der Waals surface area contributed by atoms with Crippen LogP contribution in [0.25, 0.3) is 0 Å². The molecule has 2 heterocycles. The Morgan fingerprint density at radius 1 is 1.73 bits per heavy atom. The summed E-state index contributed by atoms with van der Waals surface area (Å²) in [6, 6.07) is 0.323.